The van der Waals surface area contributed by atoms with Gasteiger partial charge in [0.05, 0.1) is 5.41 Å². The number of aromatic nitrogens is 2. The zero-order chi connectivity index (χ0) is 15.0. The first-order chi connectivity index (χ1) is 10.0. The molecule has 0 N–H and O–H groups in total. The molecule has 1 atom stereocenters. The third kappa shape index (κ3) is 2.65. The molecule has 2 aromatic rings. The fraction of sp³-hybridized carbons (Fsp3) is 0.400. The van der Waals surface area contributed by atoms with Crippen molar-refractivity contribution in [3.8, 4) is 0 Å². The van der Waals surface area contributed by atoms with Gasteiger partial charge in [0, 0.05) is 11.9 Å². The molecular formula is C15H15ClN2O3. The Morgan fingerprint density at radius 1 is 1.43 bits per heavy atom. The lowest BCUT2D eigenvalue weighted by Gasteiger charge is -2.17. The summed E-state index contributed by atoms with van der Waals surface area (Å²) in [6, 6.07) is 7.35. The van der Waals surface area contributed by atoms with Gasteiger partial charge in [-0.3, -0.25) is 4.79 Å². The summed E-state index contributed by atoms with van der Waals surface area (Å²) in [5.74, 6) is 0.486. The van der Waals surface area contributed by atoms with Crippen molar-refractivity contribution in [1.29, 1.82) is 0 Å². The highest BCUT2D eigenvalue weighted by atomic mass is 35.5. The van der Waals surface area contributed by atoms with E-state index in [0.29, 0.717) is 16.8 Å². The number of hydrogen-bond donors (Lipinski definition) is 0. The first-order valence-electron chi connectivity index (χ1n) is 6.78. The number of halogens is 1. The number of nitrogens with zero attached hydrogens (tertiary/aromatic N) is 2. The monoisotopic (exact) mass is 306 g/mol. The number of carbonyl (C=O) groups excluding carboxylic acids is 1. The van der Waals surface area contributed by atoms with Crippen LogP contribution in [0.25, 0.3) is 0 Å². The Hall–Kier alpha value is -1.88. The van der Waals surface area contributed by atoms with Crippen molar-refractivity contribution in [1.82, 2.24) is 10.2 Å². The number of hydrogen-bond acceptors (Lipinski definition) is 5. The van der Waals surface area contributed by atoms with Crippen LogP contribution in [0.2, 0.25) is 5.02 Å². The van der Waals surface area contributed by atoms with Crippen molar-refractivity contribution in [2.24, 2.45) is 0 Å². The number of carbonyl (C=O) groups is 1. The number of benzene rings is 1. The van der Waals surface area contributed by atoms with Gasteiger partial charge in [-0.2, -0.15) is 0 Å². The van der Waals surface area contributed by atoms with Gasteiger partial charge in [0.15, 0.2) is 6.10 Å². The molecule has 0 spiro atoms. The summed E-state index contributed by atoms with van der Waals surface area (Å²) in [6.45, 7) is 3.41. The van der Waals surface area contributed by atoms with Gasteiger partial charge in [0.2, 0.25) is 5.89 Å². The van der Waals surface area contributed by atoms with E-state index in [9.17, 15) is 4.79 Å². The summed E-state index contributed by atoms with van der Waals surface area (Å²) < 4.78 is 10.8. The lowest BCUT2D eigenvalue weighted by molar-refractivity contribution is -0.152. The smallest absolute Gasteiger partial charge is 0.317 e. The zero-order valence-corrected chi connectivity index (χ0v) is 12.6. The Bertz CT molecular complexity index is 679. The molecule has 1 aromatic carbocycles. The molecule has 0 amide bonds. The number of aryl methyl sites for hydroxylation is 1. The molecule has 3 rings (SSSR count). The maximum absolute atomic E-state index is 12.5. The number of ether oxygens (including phenoxy) is 1. The predicted octanol–water partition coefficient (Wildman–Crippen LogP) is 3.37. The van der Waals surface area contributed by atoms with Crippen molar-refractivity contribution in [3.63, 3.8) is 0 Å². The van der Waals surface area contributed by atoms with Crippen LogP contribution in [0.3, 0.4) is 0 Å². The zero-order valence-electron chi connectivity index (χ0n) is 11.8. The molecule has 1 saturated carbocycles. The van der Waals surface area contributed by atoms with Crippen molar-refractivity contribution in [2.45, 2.75) is 38.2 Å². The molecular weight excluding hydrogens is 292 g/mol. The van der Waals surface area contributed by atoms with Gasteiger partial charge in [-0.25, -0.2) is 0 Å². The minimum absolute atomic E-state index is 0.270. The van der Waals surface area contributed by atoms with E-state index in [0.717, 1.165) is 18.4 Å². The largest absolute Gasteiger partial charge is 0.452 e. The molecule has 0 aliphatic heterocycles. The van der Waals surface area contributed by atoms with Crippen LogP contribution in [0.1, 0.15) is 43.2 Å². The molecule has 6 heteroatoms. The summed E-state index contributed by atoms with van der Waals surface area (Å²) in [4.78, 5) is 12.5. The highest BCUT2D eigenvalue weighted by Gasteiger charge is 2.53. The van der Waals surface area contributed by atoms with Crippen molar-refractivity contribution >= 4 is 17.6 Å². The lowest BCUT2D eigenvalue weighted by atomic mass is 9.96. The molecule has 0 radical (unpaired) electrons. The molecule has 1 heterocycles. The summed E-state index contributed by atoms with van der Waals surface area (Å²) in [6.07, 6.45) is 0.971. The molecule has 1 aliphatic carbocycles. The molecule has 110 valence electrons. The third-order valence-electron chi connectivity index (χ3n) is 3.69. The van der Waals surface area contributed by atoms with E-state index in [2.05, 4.69) is 10.2 Å². The van der Waals surface area contributed by atoms with Gasteiger partial charge < -0.3 is 9.15 Å². The fourth-order valence-electron chi connectivity index (χ4n) is 2.32. The maximum Gasteiger partial charge on any atom is 0.317 e. The summed E-state index contributed by atoms with van der Waals surface area (Å²) >= 11 is 6.00. The van der Waals surface area contributed by atoms with Crippen LogP contribution in [-0.2, 0) is 14.9 Å². The standard InChI is InChI=1S/C15H15ClN2O3/c1-9(13-18-17-10(2)21-13)20-14(19)15(6-7-15)11-4-3-5-12(16)8-11/h3-5,8-9H,6-7H2,1-2H3/t9-/m0/s1. The minimum atomic E-state index is -0.575. The fourth-order valence-corrected chi connectivity index (χ4v) is 2.51. The Kier molecular flexibility index (Phi) is 3.45. The molecule has 21 heavy (non-hydrogen) atoms. The Morgan fingerprint density at radius 2 is 2.19 bits per heavy atom. The van der Waals surface area contributed by atoms with E-state index in [-0.39, 0.29) is 5.97 Å². The SMILES string of the molecule is Cc1nnc([C@H](C)OC(=O)C2(c3cccc(Cl)c3)CC2)o1. The van der Waals surface area contributed by atoms with E-state index in [1.807, 2.05) is 18.2 Å². The van der Waals surface area contributed by atoms with E-state index in [1.165, 1.54) is 0 Å². The average molecular weight is 307 g/mol. The van der Waals surface area contributed by atoms with E-state index < -0.39 is 11.5 Å². The van der Waals surface area contributed by atoms with Crippen LogP contribution >= 0.6 is 11.6 Å². The highest BCUT2D eigenvalue weighted by Crippen LogP contribution is 2.50. The lowest BCUT2D eigenvalue weighted by Crippen LogP contribution is -2.24. The molecule has 1 aliphatic rings. The molecule has 0 bridgehead atoms. The van der Waals surface area contributed by atoms with Crippen molar-refractivity contribution in [2.75, 3.05) is 0 Å². The normalized spacial score (nSPS) is 17.3. The quantitative estimate of drug-likeness (QED) is 0.810. The van der Waals surface area contributed by atoms with Crippen LogP contribution < -0.4 is 0 Å². The van der Waals surface area contributed by atoms with E-state index >= 15 is 0 Å². The summed E-state index contributed by atoms with van der Waals surface area (Å²) in [5, 5.41) is 8.23. The minimum Gasteiger partial charge on any atom is -0.452 e. The molecule has 5 nitrogen and oxygen atoms in total. The topological polar surface area (TPSA) is 65.2 Å². The first kappa shape index (κ1) is 14.1. The van der Waals surface area contributed by atoms with Crippen LogP contribution in [0.5, 0.6) is 0 Å². The number of esters is 1. The Labute approximate surface area is 127 Å². The molecule has 0 unspecified atom stereocenters. The van der Waals surface area contributed by atoms with E-state index in [4.69, 9.17) is 20.8 Å². The van der Waals surface area contributed by atoms with Crippen LogP contribution in [0.15, 0.2) is 28.7 Å². The predicted molar refractivity (Wildman–Crippen MR) is 75.9 cm³/mol. The van der Waals surface area contributed by atoms with Crippen LogP contribution in [0, 0.1) is 6.92 Å². The molecule has 0 saturated heterocycles. The van der Waals surface area contributed by atoms with E-state index in [1.54, 1.807) is 19.9 Å². The van der Waals surface area contributed by atoms with Gasteiger partial charge in [-0.1, -0.05) is 23.7 Å². The summed E-state index contributed by atoms with van der Waals surface area (Å²) in [5.41, 5.74) is 0.322. The van der Waals surface area contributed by atoms with Gasteiger partial charge in [-0.15, -0.1) is 10.2 Å². The average Bonchev–Trinajstić information content (AvgIpc) is 3.15. The van der Waals surface area contributed by atoms with Gasteiger partial charge in [0.1, 0.15) is 0 Å². The van der Waals surface area contributed by atoms with Crippen LogP contribution in [-0.4, -0.2) is 16.2 Å². The van der Waals surface area contributed by atoms with Crippen molar-refractivity contribution in [3.05, 3.63) is 46.6 Å². The third-order valence-corrected chi connectivity index (χ3v) is 3.93. The summed E-state index contributed by atoms with van der Waals surface area (Å²) in [7, 11) is 0. The Morgan fingerprint density at radius 3 is 2.76 bits per heavy atom. The first-order valence-corrected chi connectivity index (χ1v) is 7.16. The number of rotatable bonds is 4. The molecule has 1 aromatic heterocycles. The van der Waals surface area contributed by atoms with Gasteiger partial charge in [-0.05, 0) is 37.5 Å². The Balaban J connectivity index is 1.76. The van der Waals surface area contributed by atoms with Gasteiger partial charge in [0.25, 0.3) is 5.89 Å². The maximum atomic E-state index is 12.5. The highest BCUT2D eigenvalue weighted by molar-refractivity contribution is 6.30. The molecule has 1 fully saturated rings. The van der Waals surface area contributed by atoms with Crippen molar-refractivity contribution < 1.29 is 13.9 Å². The second-order valence-corrected chi connectivity index (χ2v) is 5.74. The second-order valence-electron chi connectivity index (χ2n) is 5.30. The van der Waals surface area contributed by atoms with Gasteiger partial charge >= 0.3 is 5.97 Å². The second kappa shape index (κ2) is 5.15. The van der Waals surface area contributed by atoms with Crippen LogP contribution in [0.4, 0.5) is 0 Å².